The maximum Gasteiger partial charge on any atom is 0.202 e. The Kier molecular flexibility index (Phi) is 3.91. The van der Waals surface area contributed by atoms with Gasteiger partial charge in [0.25, 0.3) is 0 Å². The number of aryl methyl sites for hydroxylation is 1. The first-order valence-corrected chi connectivity index (χ1v) is 6.45. The van der Waals surface area contributed by atoms with Gasteiger partial charge >= 0.3 is 0 Å². The van der Waals surface area contributed by atoms with Gasteiger partial charge in [-0.05, 0) is 25.8 Å². The van der Waals surface area contributed by atoms with E-state index in [0.717, 1.165) is 23.9 Å². The van der Waals surface area contributed by atoms with E-state index in [4.69, 9.17) is 0 Å². The molecule has 1 aliphatic heterocycles. The SMILES string of the molecule is CCc1nsc(NCC[C@H]2CCCN2)n1. The molecule has 0 aromatic carbocycles. The predicted molar refractivity (Wildman–Crippen MR) is 63.4 cm³/mol. The van der Waals surface area contributed by atoms with E-state index < -0.39 is 0 Å². The lowest BCUT2D eigenvalue weighted by Gasteiger charge is -2.09. The lowest BCUT2D eigenvalue weighted by molar-refractivity contribution is 0.574. The molecule has 1 aromatic rings. The molecule has 0 unspecified atom stereocenters. The summed E-state index contributed by atoms with van der Waals surface area (Å²) in [6, 6.07) is 0.705. The van der Waals surface area contributed by atoms with Crippen LogP contribution < -0.4 is 10.6 Å². The highest BCUT2D eigenvalue weighted by Crippen LogP contribution is 2.13. The minimum Gasteiger partial charge on any atom is -0.360 e. The number of nitrogens with zero attached hydrogens (tertiary/aromatic N) is 2. The van der Waals surface area contributed by atoms with Crippen molar-refractivity contribution in [2.45, 2.75) is 38.6 Å². The monoisotopic (exact) mass is 226 g/mol. The normalized spacial score (nSPS) is 20.7. The van der Waals surface area contributed by atoms with Gasteiger partial charge in [0.15, 0.2) is 0 Å². The molecule has 0 saturated carbocycles. The van der Waals surface area contributed by atoms with Crippen LogP contribution in [0, 0.1) is 0 Å². The van der Waals surface area contributed by atoms with Crippen molar-refractivity contribution in [2.75, 3.05) is 18.4 Å². The third-order valence-corrected chi connectivity index (χ3v) is 3.43. The second-order valence-electron chi connectivity index (χ2n) is 3.88. The van der Waals surface area contributed by atoms with Crippen LogP contribution in [-0.2, 0) is 6.42 Å². The quantitative estimate of drug-likeness (QED) is 0.801. The second kappa shape index (κ2) is 5.42. The van der Waals surface area contributed by atoms with Crippen molar-refractivity contribution in [3.63, 3.8) is 0 Å². The van der Waals surface area contributed by atoms with Crippen LogP contribution in [0.1, 0.15) is 32.0 Å². The molecule has 0 bridgehead atoms. The van der Waals surface area contributed by atoms with Gasteiger partial charge in [0.05, 0.1) is 0 Å². The Morgan fingerprint density at radius 2 is 2.53 bits per heavy atom. The third kappa shape index (κ3) is 3.14. The summed E-state index contributed by atoms with van der Waals surface area (Å²) in [7, 11) is 0. The number of aromatic nitrogens is 2. The Bertz CT molecular complexity index is 293. The Morgan fingerprint density at radius 3 is 3.20 bits per heavy atom. The minimum atomic E-state index is 0.705. The number of anilines is 1. The Morgan fingerprint density at radius 1 is 1.60 bits per heavy atom. The molecule has 0 radical (unpaired) electrons. The highest BCUT2D eigenvalue weighted by molar-refractivity contribution is 7.09. The largest absolute Gasteiger partial charge is 0.360 e. The standard InChI is InChI=1S/C10H18N4S/c1-2-9-13-10(15-14-9)12-7-5-8-4-3-6-11-8/h8,11H,2-7H2,1H3,(H,12,13,14)/t8-/m1/s1. The Balaban J connectivity index is 1.68. The number of hydrogen-bond acceptors (Lipinski definition) is 5. The lowest BCUT2D eigenvalue weighted by Crippen LogP contribution is -2.24. The van der Waals surface area contributed by atoms with Crippen LogP contribution in [0.2, 0.25) is 0 Å². The van der Waals surface area contributed by atoms with E-state index in [2.05, 4.69) is 26.9 Å². The first kappa shape index (κ1) is 10.8. The zero-order valence-electron chi connectivity index (χ0n) is 9.12. The van der Waals surface area contributed by atoms with E-state index in [0.29, 0.717) is 6.04 Å². The number of rotatable bonds is 5. The molecule has 2 heterocycles. The molecular formula is C10H18N4S. The minimum absolute atomic E-state index is 0.705. The summed E-state index contributed by atoms with van der Waals surface area (Å²) in [6.45, 7) is 4.26. The van der Waals surface area contributed by atoms with Crippen molar-refractivity contribution in [2.24, 2.45) is 0 Å². The van der Waals surface area contributed by atoms with Crippen LogP contribution in [0.4, 0.5) is 5.13 Å². The second-order valence-corrected chi connectivity index (χ2v) is 4.63. The van der Waals surface area contributed by atoms with E-state index in [9.17, 15) is 0 Å². The lowest BCUT2D eigenvalue weighted by atomic mass is 10.2. The van der Waals surface area contributed by atoms with Crippen molar-refractivity contribution in [1.29, 1.82) is 0 Å². The van der Waals surface area contributed by atoms with Gasteiger partial charge in [-0.1, -0.05) is 6.92 Å². The van der Waals surface area contributed by atoms with Gasteiger partial charge < -0.3 is 10.6 Å². The fourth-order valence-electron chi connectivity index (χ4n) is 1.83. The predicted octanol–water partition coefficient (Wildman–Crippen LogP) is 1.65. The van der Waals surface area contributed by atoms with Gasteiger partial charge in [-0.3, -0.25) is 0 Å². The first-order valence-electron chi connectivity index (χ1n) is 5.68. The van der Waals surface area contributed by atoms with Crippen LogP contribution in [0.5, 0.6) is 0 Å². The number of nitrogens with one attached hydrogen (secondary N) is 2. The van der Waals surface area contributed by atoms with Gasteiger partial charge in [0, 0.05) is 30.5 Å². The van der Waals surface area contributed by atoms with E-state index in [1.165, 1.54) is 37.3 Å². The molecule has 1 atom stereocenters. The molecule has 5 heteroatoms. The summed E-state index contributed by atoms with van der Waals surface area (Å²) in [6.07, 6.45) is 4.74. The van der Waals surface area contributed by atoms with Crippen molar-refractivity contribution >= 4 is 16.7 Å². The van der Waals surface area contributed by atoms with E-state index in [1.54, 1.807) is 0 Å². The molecule has 15 heavy (non-hydrogen) atoms. The summed E-state index contributed by atoms with van der Waals surface area (Å²) in [4.78, 5) is 4.37. The fourth-order valence-corrected chi connectivity index (χ4v) is 2.50. The van der Waals surface area contributed by atoms with Crippen molar-refractivity contribution in [3.8, 4) is 0 Å². The van der Waals surface area contributed by atoms with E-state index in [1.807, 2.05) is 0 Å². The highest BCUT2D eigenvalue weighted by atomic mass is 32.1. The highest BCUT2D eigenvalue weighted by Gasteiger charge is 2.13. The van der Waals surface area contributed by atoms with Crippen LogP contribution >= 0.6 is 11.5 Å². The first-order chi connectivity index (χ1) is 7.38. The van der Waals surface area contributed by atoms with Crippen molar-refractivity contribution < 1.29 is 0 Å². The zero-order chi connectivity index (χ0) is 10.5. The van der Waals surface area contributed by atoms with Gasteiger partial charge in [0.2, 0.25) is 5.13 Å². The number of hydrogen-bond donors (Lipinski definition) is 2. The van der Waals surface area contributed by atoms with Gasteiger partial charge in [-0.25, -0.2) is 4.98 Å². The molecule has 4 nitrogen and oxygen atoms in total. The molecule has 0 amide bonds. The maximum atomic E-state index is 4.37. The molecule has 1 aliphatic rings. The topological polar surface area (TPSA) is 49.8 Å². The van der Waals surface area contributed by atoms with E-state index in [-0.39, 0.29) is 0 Å². The van der Waals surface area contributed by atoms with E-state index >= 15 is 0 Å². The molecule has 2 rings (SSSR count). The maximum absolute atomic E-state index is 4.37. The molecule has 1 aromatic heterocycles. The van der Waals surface area contributed by atoms with Crippen LogP contribution in [0.3, 0.4) is 0 Å². The zero-order valence-corrected chi connectivity index (χ0v) is 9.94. The summed E-state index contributed by atoms with van der Waals surface area (Å²) in [5.41, 5.74) is 0. The van der Waals surface area contributed by atoms with Gasteiger partial charge in [-0.2, -0.15) is 4.37 Å². The van der Waals surface area contributed by atoms with Crippen LogP contribution in [-0.4, -0.2) is 28.5 Å². The molecule has 1 fully saturated rings. The molecule has 0 aliphatic carbocycles. The smallest absolute Gasteiger partial charge is 0.202 e. The molecular weight excluding hydrogens is 208 g/mol. The van der Waals surface area contributed by atoms with Crippen molar-refractivity contribution in [3.05, 3.63) is 5.82 Å². The summed E-state index contributed by atoms with van der Waals surface area (Å²) in [5, 5.41) is 7.78. The van der Waals surface area contributed by atoms with Crippen LogP contribution in [0.25, 0.3) is 0 Å². The van der Waals surface area contributed by atoms with Crippen molar-refractivity contribution in [1.82, 2.24) is 14.7 Å². The Labute approximate surface area is 94.7 Å². The van der Waals surface area contributed by atoms with Gasteiger partial charge in [0.1, 0.15) is 5.82 Å². The molecule has 84 valence electrons. The van der Waals surface area contributed by atoms with Crippen LogP contribution in [0.15, 0.2) is 0 Å². The Hall–Kier alpha value is -0.680. The average Bonchev–Trinajstić information content (AvgIpc) is 2.88. The molecule has 0 spiro atoms. The molecule has 1 saturated heterocycles. The molecule has 2 N–H and O–H groups in total. The summed E-state index contributed by atoms with van der Waals surface area (Å²) >= 11 is 1.46. The average molecular weight is 226 g/mol. The summed E-state index contributed by atoms with van der Waals surface area (Å²) < 4.78 is 4.24. The van der Waals surface area contributed by atoms with Gasteiger partial charge in [-0.15, -0.1) is 0 Å². The summed E-state index contributed by atoms with van der Waals surface area (Å²) in [5.74, 6) is 0.946. The fraction of sp³-hybridized carbons (Fsp3) is 0.800. The third-order valence-electron chi connectivity index (χ3n) is 2.72.